The van der Waals surface area contributed by atoms with Crippen LogP contribution in [-0.2, 0) is 6.54 Å². The summed E-state index contributed by atoms with van der Waals surface area (Å²) in [5.74, 6) is 1.07. The molecule has 1 aromatic rings. The van der Waals surface area contributed by atoms with E-state index in [1.165, 1.54) is 18.4 Å². The minimum Gasteiger partial charge on any atom is -0.396 e. The van der Waals surface area contributed by atoms with Crippen molar-refractivity contribution in [2.24, 2.45) is 0 Å². The van der Waals surface area contributed by atoms with E-state index in [4.69, 9.17) is 16.7 Å². The molecule has 0 aromatic heterocycles. The summed E-state index contributed by atoms with van der Waals surface area (Å²) in [7, 11) is 0. The second kappa shape index (κ2) is 9.78. The Balaban J connectivity index is 1.76. The standard InChI is InChI=1S/C17H27ClN2OS/c1-22-13-16(8-11-21)19-15-6-9-20(10-7-15)12-14-4-2-3-5-17(14)18/h2-5,15-16,19,21H,6-13H2,1H3. The summed E-state index contributed by atoms with van der Waals surface area (Å²) in [5, 5.41) is 13.7. The van der Waals surface area contributed by atoms with Gasteiger partial charge in [0.15, 0.2) is 0 Å². The number of aliphatic hydroxyl groups is 1. The van der Waals surface area contributed by atoms with Crippen molar-refractivity contribution < 1.29 is 5.11 Å². The zero-order valence-corrected chi connectivity index (χ0v) is 14.9. The first-order valence-electron chi connectivity index (χ1n) is 8.04. The number of benzene rings is 1. The molecule has 1 unspecified atom stereocenters. The number of piperidine rings is 1. The van der Waals surface area contributed by atoms with Crippen molar-refractivity contribution in [1.82, 2.24) is 10.2 Å². The van der Waals surface area contributed by atoms with Gasteiger partial charge >= 0.3 is 0 Å². The Labute approximate surface area is 143 Å². The van der Waals surface area contributed by atoms with Crippen LogP contribution in [0, 0.1) is 0 Å². The van der Waals surface area contributed by atoms with Crippen molar-refractivity contribution >= 4 is 23.4 Å². The summed E-state index contributed by atoms with van der Waals surface area (Å²) < 4.78 is 0. The van der Waals surface area contributed by atoms with Crippen LogP contribution < -0.4 is 5.32 Å². The predicted molar refractivity (Wildman–Crippen MR) is 96.8 cm³/mol. The van der Waals surface area contributed by atoms with Crippen molar-refractivity contribution in [3.8, 4) is 0 Å². The van der Waals surface area contributed by atoms with Gasteiger partial charge in [0.25, 0.3) is 0 Å². The zero-order chi connectivity index (χ0) is 15.8. The van der Waals surface area contributed by atoms with E-state index in [2.05, 4.69) is 28.6 Å². The maximum atomic E-state index is 9.15. The van der Waals surface area contributed by atoms with Crippen molar-refractivity contribution in [1.29, 1.82) is 0 Å². The molecule has 1 heterocycles. The van der Waals surface area contributed by atoms with Crippen LogP contribution in [0.25, 0.3) is 0 Å². The lowest BCUT2D eigenvalue weighted by molar-refractivity contribution is 0.180. The van der Waals surface area contributed by atoms with Crippen LogP contribution in [0.5, 0.6) is 0 Å². The Morgan fingerprint density at radius 2 is 2.09 bits per heavy atom. The number of nitrogens with one attached hydrogen (secondary N) is 1. The lowest BCUT2D eigenvalue weighted by Crippen LogP contribution is -2.47. The van der Waals surface area contributed by atoms with Gasteiger partial charge in [-0.15, -0.1) is 0 Å². The molecule has 0 saturated carbocycles. The molecule has 0 bridgehead atoms. The first kappa shape index (κ1) is 18.1. The molecule has 1 aromatic carbocycles. The highest BCUT2D eigenvalue weighted by atomic mass is 35.5. The van der Waals surface area contributed by atoms with Gasteiger partial charge in [-0.3, -0.25) is 4.90 Å². The molecule has 5 heteroatoms. The predicted octanol–water partition coefficient (Wildman–Crippen LogP) is 3.01. The molecule has 1 aliphatic heterocycles. The molecule has 1 saturated heterocycles. The molecule has 22 heavy (non-hydrogen) atoms. The van der Waals surface area contributed by atoms with Crippen LogP contribution in [0.2, 0.25) is 5.02 Å². The van der Waals surface area contributed by atoms with Crippen LogP contribution in [0.1, 0.15) is 24.8 Å². The minimum absolute atomic E-state index is 0.267. The lowest BCUT2D eigenvalue weighted by atomic mass is 10.0. The fraction of sp³-hybridized carbons (Fsp3) is 0.647. The van der Waals surface area contributed by atoms with Gasteiger partial charge in [0, 0.05) is 36.0 Å². The van der Waals surface area contributed by atoms with E-state index in [1.807, 2.05) is 23.9 Å². The van der Waals surface area contributed by atoms with Gasteiger partial charge in [-0.2, -0.15) is 11.8 Å². The van der Waals surface area contributed by atoms with Gasteiger partial charge in [-0.25, -0.2) is 0 Å². The highest BCUT2D eigenvalue weighted by molar-refractivity contribution is 7.98. The topological polar surface area (TPSA) is 35.5 Å². The molecule has 1 atom stereocenters. The van der Waals surface area contributed by atoms with Gasteiger partial charge in [-0.05, 0) is 50.2 Å². The summed E-state index contributed by atoms with van der Waals surface area (Å²) >= 11 is 8.09. The maximum absolute atomic E-state index is 9.15. The van der Waals surface area contributed by atoms with E-state index in [9.17, 15) is 0 Å². The summed E-state index contributed by atoms with van der Waals surface area (Å²) in [6.07, 6.45) is 5.31. The fourth-order valence-electron chi connectivity index (χ4n) is 3.03. The van der Waals surface area contributed by atoms with Gasteiger partial charge < -0.3 is 10.4 Å². The SMILES string of the molecule is CSCC(CCO)NC1CCN(Cc2ccccc2Cl)CC1. The Morgan fingerprint density at radius 3 is 2.73 bits per heavy atom. The van der Waals surface area contributed by atoms with Crippen molar-refractivity contribution in [2.75, 3.05) is 31.7 Å². The molecule has 0 aliphatic carbocycles. The zero-order valence-electron chi connectivity index (χ0n) is 13.3. The van der Waals surface area contributed by atoms with Crippen molar-refractivity contribution in [3.05, 3.63) is 34.9 Å². The summed E-state index contributed by atoms with van der Waals surface area (Å²) in [5.41, 5.74) is 1.22. The van der Waals surface area contributed by atoms with Crippen LogP contribution in [0.3, 0.4) is 0 Å². The largest absolute Gasteiger partial charge is 0.396 e. The number of nitrogens with zero attached hydrogens (tertiary/aromatic N) is 1. The van der Waals surface area contributed by atoms with Crippen molar-refractivity contribution in [3.63, 3.8) is 0 Å². The van der Waals surface area contributed by atoms with Gasteiger partial charge in [0.1, 0.15) is 0 Å². The Morgan fingerprint density at radius 1 is 1.36 bits per heavy atom. The third kappa shape index (κ3) is 5.74. The maximum Gasteiger partial charge on any atom is 0.0451 e. The smallest absolute Gasteiger partial charge is 0.0451 e. The molecule has 1 aliphatic rings. The molecular weight excluding hydrogens is 316 g/mol. The van der Waals surface area contributed by atoms with Crippen LogP contribution in [0.15, 0.2) is 24.3 Å². The number of aliphatic hydroxyl groups excluding tert-OH is 1. The third-order valence-electron chi connectivity index (χ3n) is 4.26. The molecule has 3 nitrogen and oxygen atoms in total. The van der Waals surface area contributed by atoms with Gasteiger partial charge in [0.05, 0.1) is 0 Å². The molecule has 124 valence electrons. The van der Waals surface area contributed by atoms with Crippen molar-refractivity contribution in [2.45, 2.75) is 37.9 Å². The third-order valence-corrected chi connectivity index (χ3v) is 5.36. The summed E-state index contributed by atoms with van der Waals surface area (Å²) in [4.78, 5) is 2.48. The first-order chi connectivity index (χ1) is 10.7. The number of halogens is 1. The normalized spacial score (nSPS) is 18.5. The average molecular weight is 343 g/mol. The molecule has 2 rings (SSSR count). The van der Waals surface area contributed by atoms with E-state index >= 15 is 0 Å². The highest BCUT2D eigenvalue weighted by Crippen LogP contribution is 2.20. The minimum atomic E-state index is 0.267. The highest BCUT2D eigenvalue weighted by Gasteiger charge is 2.21. The van der Waals surface area contributed by atoms with E-state index in [0.29, 0.717) is 12.1 Å². The van der Waals surface area contributed by atoms with Crippen LogP contribution in [-0.4, -0.2) is 53.8 Å². The second-order valence-electron chi connectivity index (χ2n) is 5.97. The molecular formula is C17H27ClN2OS. The molecule has 0 amide bonds. The monoisotopic (exact) mass is 342 g/mol. The Kier molecular flexibility index (Phi) is 8.04. The molecule has 0 spiro atoms. The second-order valence-corrected chi connectivity index (χ2v) is 7.29. The summed E-state index contributed by atoms with van der Waals surface area (Å²) in [6, 6.07) is 9.12. The van der Waals surface area contributed by atoms with Gasteiger partial charge in [0.2, 0.25) is 0 Å². The quantitative estimate of drug-likeness (QED) is 0.761. The Hall–Kier alpha value is -0.260. The molecule has 2 N–H and O–H groups in total. The number of rotatable bonds is 8. The van der Waals surface area contributed by atoms with Crippen LogP contribution >= 0.6 is 23.4 Å². The number of thioether (sulfide) groups is 1. The van der Waals surface area contributed by atoms with E-state index in [1.54, 1.807) is 0 Å². The van der Waals surface area contributed by atoms with E-state index in [-0.39, 0.29) is 6.61 Å². The van der Waals surface area contributed by atoms with E-state index < -0.39 is 0 Å². The Bertz CT molecular complexity index is 432. The number of hydrogen-bond donors (Lipinski definition) is 2. The van der Waals surface area contributed by atoms with Crippen LogP contribution in [0.4, 0.5) is 0 Å². The summed E-state index contributed by atoms with van der Waals surface area (Å²) in [6.45, 7) is 3.42. The molecule has 1 fully saturated rings. The van der Waals surface area contributed by atoms with E-state index in [0.717, 1.165) is 36.8 Å². The number of likely N-dealkylation sites (tertiary alicyclic amines) is 1. The average Bonchev–Trinajstić information content (AvgIpc) is 2.52. The first-order valence-corrected chi connectivity index (χ1v) is 9.81. The molecule has 0 radical (unpaired) electrons. The lowest BCUT2D eigenvalue weighted by Gasteiger charge is -2.34. The number of hydrogen-bond acceptors (Lipinski definition) is 4. The van der Waals surface area contributed by atoms with Gasteiger partial charge in [-0.1, -0.05) is 29.8 Å². The fourth-order valence-corrected chi connectivity index (χ4v) is 3.89.